The lowest BCUT2D eigenvalue weighted by Gasteiger charge is -2.34. The number of halogens is 1. The van der Waals surface area contributed by atoms with E-state index in [9.17, 15) is 0 Å². The van der Waals surface area contributed by atoms with E-state index in [1.165, 1.54) is 5.56 Å². The van der Waals surface area contributed by atoms with Crippen molar-refractivity contribution in [3.05, 3.63) is 65.1 Å². The van der Waals surface area contributed by atoms with E-state index in [-0.39, 0.29) is 0 Å². The summed E-state index contributed by atoms with van der Waals surface area (Å²) in [5.41, 5.74) is 9.41. The minimum absolute atomic E-state index is 0.323. The lowest BCUT2D eigenvalue weighted by Crippen LogP contribution is -2.36. The smallest absolute Gasteiger partial charge is 0.222 e. The van der Waals surface area contributed by atoms with Gasteiger partial charge in [0, 0.05) is 55.7 Å². The van der Waals surface area contributed by atoms with Gasteiger partial charge in [-0.3, -0.25) is 0 Å². The van der Waals surface area contributed by atoms with Crippen LogP contribution in [0.2, 0.25) is 5.02 Å². The largest absolute Gasteiger partial charge is 0.377 e. The van der Waals surface area contributed by atoms with Crippen LogP contribution in [0.5, 0.6) is 0 Å². The SMILES string of the molecule is CC.CN1C=CN(c2nc(N)nc3c2CCN(c2cccc4cccc(Cl)c24)C3)CC1. The van der Waals surface area contributed by atoms with Gasteiger partial charge in [0.05, 0.1) is 17.3 Å². The Kier molecular flexibility index (Phi) is 6.18. The first-order valence-electron chi connectivity index (χ1n) is 10.8. The quantitative estimate of drug-likeness (QED) is 0.629. The van der Waals surface area contributed by atoms with Crippen LogP contribution in [0, 0.1) is 0 Å². The molecule has 3 heterocycles. The van der Waals surface area contributed by atoms with Gasteiger partial charge in [-0.2, -0.15) is 4.98 Å². The monoisotopic (exact) mass is 436 g/mol. The summed E-state index contributed by atoms with van der Waals surface area (Å²) in [5, 5.41) is 3.00. The van der Waals surface area contributed by atoms with E-state index in [1.54, 1.807) is 0 Å². The van der Waals surface area contributed by atoms with Crippen LogP contribution in [0.15, 0.2) is 48.8 Å². The lowest BCUT2D eigenvalue weighted by atomic mass is 10.0. The van der Waals surface area contributed by atoms with Crippen LogP contribution < -0.4 is 15.5 Å². The van der Waals surface area contributed by atoms with Crippen LogP contribution >= 0.6 is 11.6 Å². The Balaban J connectivity index is 0.00000112. The van der Waals surface area contributed by atoms with Crippen LogP contribution in [-0.4, -0.2) is 41.5 Å². The van der Waals surface area contributed by atoms with E-state index < -0.39 is 0 Å². The molecule has 0 aliphatic carbocycles. The molecule has 0 unspecified atom stereocenters. The highest BCUT2D eigenvalue weighted by molar-refractivity contribution is 6.36. The number of likely N-dealkylation sites (N-methyl/N-ethyl adjacent to an activating group) is 1. The maximum atomic E-state index is 6.55. The average molecular weight is 437 g/mol. The van der Waals surface area contributed by atoms with Crippen molar-refractivity contribution < 1.29 is 0 Å². The number of benzene rings is 2. The molecule has 7 heteroatoms. The molecule has 2 N–H and O–H groups in total. The van der Waals surface area contributed by atoms with Crippen LogP contribution in [-0.2, 0) is 13.0 Å². The fourth-order valence-corrected chi connectivity index (χ4v) is 4.48. The summed E-state index contributed by atoms with van der Waals surface area (Å²) in [6, 6.07) is 12.3. The van der Waals surface area contributed by atoms with Crippen molar-refractivity contribution in [1.29, 1.82) is 0 Å². The molecule has 3 aromatic rings. The number of anilines is 3. The van der Waals surface area contributed by atoms with Crippen LogP contribution in [0.4, 0.5) is 17.5 Å². The third kappa shape index (κ3) is 4.12. The summed E-state index contributed by atoms with van der Waals surface area (Å²) in [6.45, 7) is 7.42. The molecule has 2 aromatic carbocycles. The maximum Gasteiger partial charge on any atom is 0.222 e. The van der Waals surface area contributed by atoms with Crippen molar-refractivity contribution in [3.8, 4) is 0 Å². The Bertz CT molecular complexity index is 1110. The minimum Gasteiger partial charge on any atom is -0.377 e. The van der Waals surface area contributed by atoms with Gasteiger partial charge in [0.1, 0.15) is 5.82 Å². The zero-order chi connectivity index (χ0) is 22.0. The van der Waals surface area contributed by atoms with Crippen LogP contribution in [0.25, 0.3) is 10.8 Å². The van der Waals surface area contributed by atoms with E-state index in [4.69, 9.17) is 17.3 Å². The van der Waals surface area contributed by atoms with Crippen molar-refractivity contribution >= 4 is 39.8 Å². The van der Waals surface area contributed by atoms with Crippen molar-refractivity contribution in [1.82, 2.24) is 14.9 Å². The van der Waals surface area contributed by atoms with Crippen LogP contribution in [0.1, 0.15) is 25.1 Å². The Hall–Kier alpha value is -2.99. The van der Waals surface area contributed by atoms with Gasteiger partial charge in [-0.1, -0.05) is 49.7 Å². The van der Waals surface area contributed by atoms with Gasteiger partial charge in [0.25, 0.3) is 0 Å². The van der Waals surface area contributed by atoms with Gasteiger partial charge in [-0.25, -0.2) is 4.98 Å². The number of aromatic nitrogens is 2. The second-order valence-electron chi connectivity index (χ2n) is 7.59. The Morgan fingerprint density at radius 1 is 0.968 bits per heavy atom. The molecule has 0 atom stereocenters. The first kappa shape index (κ1) is 21.2. The van der Waals surface area contributed by atoms with E-state index >= 15 is 0 Å². The number of nitrogens with zero attached hydrogens (tertiary/aromatic N) is 5. The van der Waals surface area contributed by atoms with E-state index in [0.717, 1.165) is 59.0 Å². The molecule has 0 saturated carbocycles. The Morgan fingerprint density at radius 2 is 1.74 bits per heavy atom. The summed E-state index contributed by atoms with van der Waals surface area (Å²) in [4.78, 5) is 15.9. The van der Waals surface area contributed by atoms with Crippen molar-refractivity contribution in [2.45, 2.75) is 26.8 Å². The summed E-state index contributed by atoms with van der Waals surface area (Å²) in [6.07, 6.45) is 5.01. The van der Waals surface area contributed by atoms with Gasteiger partial charge in [0.2, 0.25) is 5.95 Å². The second kappa shape index (κ2) is 9.02. The molecule has 0 fully saturated rings. The second-order valence-corrected chi connectivity index (χ2v) is 8.00. The maximum absolute atomic E-state index is 6.55. The standard InChI is InChI=1S/C22H23ClN6.C2H6/c1-27-10-12-28(13-11-27)21-16-8-9-29(14-18(16)25-22(24)26-21)19-7-3-5-15-4-2-6-17(23)20(15)19;1-2/h2-7,10,12H,8-9,11,13-14H2,1H3,(H2,24,25,26);1-2H3. The van der Waals surface area contributed by atoms with E-state index in [1.807, 2.05) is 26.0 Å². The Morgan fingerprint density at radius 3 is 2.48 bits per heavy atom. The predicted octanol–water partition coefficient (Wildman–Crippen LogP) is 4.68. The molecule has 1 aromatic heterocycles. The van der Waals surface area contributed by atoms with Gasteiger partial charge < -0.3 is 20.4 Å². The van der Waals surface area contributed by atoms with E-state index in [2.05, 4.69) is 68.4 Å². The summed E-state index contributed by atoms with van der Waals surface area (Å²) < 4.78 is 0. The molecule has 2 aliphatic rings. The molecular formula is C24H29ClN6. The molecule has 0 spiro atoms. The van der Waals surface area contributed by atoms with Gasteiger partial charge in [-0.05, 0) is 23.9 Å². The van der Waals surface area contributed by atoms with Crippen molar-refractivity contribution in [2.75, 3.05) is 42.2 Å². The molecule has 31 heavy (non-hydrogen) atoms. The molecule has 6 nitrogen and oxygen atoms in total. The zero-order valence-electron chi connectivity index (χ0n) is 18.3. The average Bonchev–Trinajstić information content (AvgIpc) is 2.80. The summed E-state index contributed by atoms with van der Waals surface area (Å²) in [5.74, 6) is 1.26. The topological polar surface area (TPSA) is 61.5 Å². The number of fused-ring (bicyclic) bond motifs is 2. The molecule has 0 bridgehead atoms. The fraction of sp³-hybridized carbons (Fsp3) is 0.333. The van der Waals surface area contributed by atoms with Crippen molar-refractivity contribution in [2.24, 2.45) is 0 Å². The lowest BCUT2D eigenvalue weighted by molar-refractivity contribution is 0.445. The molecule has 2 aliphatic heterocycles. The minimum atomic E-state index is 0.323. The predicted molar refractivity (Wildman–Crippen MR) is 131 cm³/mol. The Labute approximate surface area is 188 Å². The van der Waals surface area contributed by atoms with Gasteiger partial charge in [-0.15, -0.1) is 0 Å². The number of nitrogen functional groups attached to an aromatic ring is 1. The first-order valence-corrected chi connectivity index (χ1v) is 11.2. The summed E-state index contributed by atoms with van der Waals surface area (Å²) in [7, 11) is 2.07. The molecule has 5 rings (SSSR count). The third-order valence-electron chi connectivity index (χ3n) is 5.70. The molecule has 0 saturated heterocycles. The number of hydrogen-bond acceptors (Lipinski definition) is 6. The molecule has 162 valence electrons. The highest BCUT2D eigenvalue weighted by Gasteiger charge is 2.26. The fourth-order valence-electron chi connectivity index (χ4n) is 4.20. The highest BCUT2D eigenvalue weighted by Crippen LogP contribution is 2.36. The van der Waals surface area contributed by atoms with Crippen molar-refractivity contribution in [3.63, 3.8) is 0 Å². The van der Waals surface area contributed by atoms with Gasteiger partial charge in [0.15, 0.2) is 0 Å². The van der Waals surface area contributed by atoms with E-state index in [0.29, 0.717) is 12.5 Å². The zero-order valence-corrected chi connectivity index (χ0v) is 19.1. The molecule has 0 radical (unpaired) electrons. The normalized spacial score (nSPS) is 15.5. The molecule has 0 amide bonds. The summed E-state index contributed by atoms with van der Waals surface area (Å²) >= 11 is 6.55. The number of rotatable bonds is 2. The first-order chi connectivity index (χ1) is 15.1. The van der Waals surface area contributed by atoms with Gasteiger partial charge >= 0.3 is 0 Å². The van der Waals surface area contributed by atoms with Crippen LogP contribution in [0.3, 0.4) is 0 Å². The third-order valence-corrected chi connectivity index (χ3v) is 6.01. The number of hydrogen-bond donors (Lipinski definition) is 1. The molecular weight excluding hydrogens is 408 g/mol. The number of nitrogens with two attached hydrogens (primary N) is 1. The highest BCUT2D eigenvalue weighted by atomic mass is 35.5.